The van der Waals surface area contributed by atoms with Crippen LogP contribution in [-0.4, -0.2) is 38.1 Å². The Bertz CT molecular complexity index is 711. The van der Waals surface area contributed by atoms with Crippen molar-refractivity contribution in [3.8, 4) is 6.07 Å². The molecule has 0 bridgehead atoms. The molecular formula is C20H25N3O3. The molecular weight excluding hydrogens is 330 g/mol. The summed E-state index contributed by atoms with van der Waals surface area (Å²) >= 11 is 0. The summed E-state index contributed by atoms with van der Waals surface area (Å²) in [6.07, 6.45) is 4.65. The highest BCUT2D eigenvalue weighted by molar-refractivity contribution is 5.99. The fraction of sp³-hybridized carbons (Fsp3) is 0.450. The molecule has 0 aliphatic heterocycles. The molecule has 6 heteroatoms. The SMILES string of the molecule is C[C@@H](OC(=O)/C(C#N)=C/c1ccc(N(C)C)cc1)C(=O)NC1CCCC1. The van der Waals surface area contributed by atoms with Gasteiger partial charge >= 0.3 is 5.97 Å². The molecule has 1 atom stereocenters. The lowest BCUT2D eigenvalue weighted by Gasteiger charge is -2.17. The number of rotatable bonds is 6. The smallest absolute Gasteiger partial charge is 0.349 e. The van der Waals surface area contributed by atoms with Crippen molar-refractivity contribution in [2.45, 2.75) is 44.8 Å². The van der Waals surface area contributed by atoms with Crippen LogP contribution in [0.4, 0.5) is 5.69 Å². The molecule has 0 saturated heterocycles. The van der Waals surface area contributed by atoms with Gasteiger partial charge < -0.3 is 15.0 Å². The zero-order valence-electron chi connectivity index (χ0n) is 15.5. The molecule has 1 amide bonds. The van der Waals surface area contributed by atoms with Crippen molar-refractivity contribution < 1.29 is 14.3 Å². The van der Waals surface area contributed by atoms with Gasteiger partial charge in [0.15, 0.2) is 6.10 Å². The molecule has 1 N–H and O–H groups in total. The first-order valence-electron chi connectivity index (χ1n) is 8.81. The number of nitriles is 1. The summed E-state index contributed by atoms with van der Waals surface area (Å²) < 4.78 is 5.16. The normalized spacial score (nSPS) is 15.8. The molecule has 1 aliphatic carbocycles. The predicted octanol–water partition coefficient (Wildman–Crippen LogP) is 2.65. The number of anilines is 1. The van der Waals surface area contributed by atoms with Crippen LogP contribution >= 0.6 is 0 Å². The molecule has 0 heterocycles. The van der Waals surface area contributed by atoms with Crippen LogP contribution in [0.25, 0.3) is 6.08 Å². The van der Waals surface area contributed by atoms with Crippen LogP contribution in [0.1, 0.15) is 38.2 Å². The average Bonchev–Trinajstić information content (AvgIpc) is 3.12. The van der Waals surface area contributed by atoms with E-state index < -0.39 is 12.1 Å². The van der Waals surface area contributed by atoms with Gasteiger partial charge in [-0.05, 0) is 43.5 Å². The summed E-state index contributed by atoms with van der Waals surface area (Å²) in [5, 5.41) is 12.1. The molecule has 1 aromatic carbocycles. The maximum Gasteiger partial charge on any atom is 0.349 e. The number of esters is 1. The van der Waals surface area contributed by atoms with E-state index in [0.29, 0.717) is 5.56 Å². The van der Waals surface area contributed by atoms with E-state index in [1.807, 2.05) is 49.3 Å². The van der Waals surface area contributed by atoms with E-state index in [1.165, 1.54) is 13.0 Å². The molecule has 1 aliphatic rings. The number of benzene rings is 1. The lowest BCUT2D eigenvalue weighted by molar-refractivity contribution is -0.151. The van der Waals surface area contributed by atoms with Crippen molar-refractivity contribution in [3.63, 3.8) is 0 Å². The summed E-state index contributed by atoms with van der Waals surface area (Å²) in [6.45, 7) is 1.52. The number of nitrogens with zero attached hydrogens (tertiary/aromatic N) is 2. The van der Waals surface area contributed by atoms with Crippen LogP contribution in [-0.2, 0) is 14.3 Å². The minimum Gasteiger partial charge on any atom is -0.448 e. The summed E-state index contributed by atoms with van der Waals surface area (Å²) in [4.78, 5) is 26.3. The number of nitrogens with one attached hydrogen (secondary N) is 1. The fourth-order valence-electron chi connectivity index (χ4n) is 2.84. The monoisotopic (exact) mass is 355 g/mol. The maximum atomic E-state index is 12.2. The van der Waals surface area contributed by atoms with E-state index in [9.17, 15) is 14.9 Å². The molecule has 0 radical (unpaired) electrons. The number of amides is 1. The second kappa shape index (κ2) is 9.04. The molecule has 138 valence electrons. The van der Waals surface area contributed by atoms with Gasteiger partial charge in [0.2, 0.25) is 0 Å². The van der Waals surface area contributed by atoms with E-state index in [4.69, 9.17) is 4.74 Å². The van der Waals surface area contributed by atoms with Gasteiger partial charge in [-0.1, -0.05) is 25.0 Å². The molecule has 1 saturated carbocycles. The van der Waals surface area contributed by atoms with Gasteiger partial charge in [-0.15, -0.1) is 0 Å². The zero-order valence-corrected chi connectivity index (χ0v) is 15.5. The van der Waals surface area contributed by atoms with Gasteiger partial charge in [0.25, 0.3) is 5.91 Å². The molecule has 0 aromatic heterocycles. The average molecular weight is 355 g/mol. The zero-order chi connectivity index (χ0) is 19.1. The van der Waals surface area contributed by atoms with Crippen LogP contribution in [0.5, 0.6) is 0 Å². The Balaban J connectivity index is 1.98. The van der Waals surface area contributed by atoms with Crippen LogP contribution in [0.3, 0.4) is 0 Å². The van der Waals surface area contributed by atoms with Gasteiger partial charge in [-0.2, -0.15) is 5.26 Å². The first-order valence-corrected chi connectivity index (χ1v) is 8.81. The second-order valence-electron chi connectivity index (χ2n) is 6.69. The Labute approximate surface area is 154 Å². The van der Waals surface area contributed by atoms with Crippen molar-refractivity contribution in [2.24, 2.45) is 0 Å². The quantitative estimate of drug-likeness (QED) is 0.482. The van der Waals surface area contributed by atoms with Gasteiger partial charge in [0.05, 0.1) is 0 Å². The highest BCUT2D eigenvalue weighted by Gasteiger charge is 2.24. The van der Waals surface area contributed by atoms with Crippen molar-refractivity contribution in [1.82, 2.24) is 5.32 Å². The van der Waals surface area contributed by atoms with E-state index in [0.717, 1.165) is 31.4 Å². The van der Waals surface area contributed by atoms with Crippen LogP contribution in [0.15, 0.2) is 29.8 Å². The lowest BCUT2D eigenvalue weighted by atomic mass is 10.1. The third-order valence-corrected chi connectivity index (χ3v) is 4.42. The van der Waals surface area contributed by atoms with Crippen LogP contribution < -0.4 is 10.2 Å². The first-order chi connectivity index (χ1) is 12.4. The molecule has 26 heavy (non-hydrogen) atoms. The Morgan fingerprint density at radius 2 is 1.88 bits per heavy atom. The molecule has 0 unspecified atom stereocenters. The lowest BCUT2D eigenvalue weighted by Crippen LogP contribution is -2.41. The van der Waals surface area contributed by atoms with Gasteiger partial charge in [-0.25, -0.2) is 4.79 Å². The van der Waals surface area contributed by atoms with Crippen molar-refractivity contribution in [1.29, 1.82) is 5.26 Å². The summed E-state index contributed by atoms with van der Waals surface area (Å²) in [6, 6.07) is 9.42. The number of carbonyl (C=O) groups is 2. The highest BCUT2D eigenvalue weighted by Crippen LogP contribution is 2.18. The topological polar surface area (TPSA) is 82.4 Å². The number of carbonyl (C=O) groups excluding carboxylic acids is 2. The van der Waals surface area contributed by atoms with Gasteiger partial charge in [-0.3, -0.25) is 4.79 Å². The summed E-state index contributed by atoms with van der Waals surface area (Å²) in [7, 11) is 3.86. The molecule has 0 spiro atoms. The number of hydrogen-bond donors (Lipinski definition) is 1. The Hall–Kier alpha value is -2.81. The Morgan fingerprint density at radius 3 is 2.42 bits per heavy atom. The maximum absolute atomic E-state index is 12.2. The van der Waals surface area contributed by atoms with E-state index in [-0.39, 0.29) is 17.5 Å². The minimum atomic E-state index is -0.934. The predicted molar refractivity (Wildman–Crippen MR) is 100 cm³/mol. The van der Waals surface area contributed by atoms with Crippen LogP contribution in [0, 0.1) is 11.3 Å². The first kappa shape index (κ1) is 19.5. The largest absolute Gasteiger partial charge is 0.448 e. The summed E-state index contributed by atoms with van der Waals surface area (Å²) in [5.74, 6) is -1.11. The number of ether oxygens (including phenoxy) is 1. The highest BCUT2D eigenvalue weighted by atomic mass is 16.5. The van der Waals surface area contributed by atoms with Gasteiger partial charge in [0.1, 0.15) is 11.6 Å². The van der Waals surface area contributed by atoms with Crippen molar-refractivity contribution in [3.05, 3.63) is 35.4 Å². The Morgan fingerprint density at radius 1 is 1.27 bits per heavy atom. The molecule has 2 rings (SSSR count). The standard InChI is InChI=1S/C20H25N3O3/c1-14(19(24)22-17-6-4-5-7-17)26-20(25)16(13-21)12-15-8-10-18(11-9-15)23(2)3/h8-12,14,17H,4-7H2,1-3H3,(H,22,24)/b16-12+/t14-/m1/s1. The fourth-order valence-corrected chi connectivity index (χ4v) is 2.84. The third-order valence-electron chi connectivity index (χ3n) is 4.42. The van der Waals surface area contributed by atoms with E-state index in [1.54, 1.807) is 0 Å². The Kier molecular flexibility index (Phi) is 6.79. The van der Waals surface area contributed by atoms with E-state index >= 15 is 0 Å². The summed E-state index contributed by atoms with van der Waals surface area (Å²) in [5.41, 5.74) is 1.59. The van der Waals surface area contributed by atoms with Gasteiger partial charge in [0, 0.05) is 25.8 Å². The minimum absolute atomic E-state index is 0.136. The third kappa shape index (κ3) is 5.35. The van der Waals surface area contributed by atoms with Crippen LogP contribution in [0.2, 0.25) is 0 Å². The second-order valence-corrected chi connectivity index (χ2v) is 6.69. The molecule has 1 fully saturated rings. The number of hydrogen-bond acceptors (Lipinski definition) is 5. The van der Waals surface area contributed by atoms with Crippen molar-refractivity contribution in [2.75, 3.05) is 19.0 Å². The van der Waals surface area contributed by atoms with E-state index in [2.05, 4.69) is 5.32 Å². The molecule has 1 aromatic rings. The van der Waals surface area contributed by atoms with Crippen molar-refractivity contribution >= 4 is 23.6 Å². The molecule has 6 nitrogen and oxygen atoms in total.